The van der Waals surface area contributed by atoms with Gasteiger partial charge in [0.1, 0.15) is 10.7 Å². The summed E-state index contributed by atoms with van der Waals surface area (Å²) in [5, 5.41) is 2.66. The second kappa shape index (κ2) is 5.11. The maximum atomic E-state index is 11.9. The van der Waals surface area contributed by atoms with Gasteiger partial charge in [-0.2, -0.15) is 4.72 Å². The second-order valence-corrected chi connectivity index (χ2v) is 5.03. The number of nitrogens with zero attached hydrogens (tertiary/aromatic N) is 1. The van der Waals surface area contributed by atoms with E-state index in [2.05, 4.69) is 15.0 Å². The molecule has 0 saturated heterocycles. The summed E-state index contributed by atoms with van der Waals surface area (Å²) in [7, 11) is -2.27. The highest BCUT2D eigenvalue weighted by atomic mass is 32.2. The Kier molecular flexibility index (Phi) is 4.02. The summed E-state index contributed by atoms with van der Waals surface area (Å²) in [6, 6.07) is 1.89. The summed E-state index contributed by atoms with van der Waals surface area (Å²) in [5.74, 6) is -0.542. The Morgan fingerprint density at radius 2 is 2.18 bits per heavy atom. The molecule has 0 spiro atoms. The number of hydrogen-bond acceptors (Lipinski definition) is 5. The monoisotopic (exact) mass is 258 g/mol. The Balaban J connectivity index is 3.09. The quantitative estimate of drug-likeness (QED) is 0.644. The number of rotatable bonds is 5. The molecule has 1 unspecified atom stereocenters. The highest BCUT2D eigenvalue weighted by Crippen LogP contribution is 2.17. The van der Waals surface area contributed by atoms with E-state index < -0.39 is 22.0 Å². The van der Waals surface area contributed by atoms with Crippen LogP contribution in [0.15, 0.2) is 23.2 Å². The molecule has 1 aromatic rings. The first kappa shape index (κ1) is 13.4. The van der Waals surface area contributed by atoms with Gasteiger partial charge in [0.15, 0.2) is 0 Å². The van der Waals surface area contributed by atoms with E-state index in [9.17, 15) is 13.2 Å². The van der Waals surface area contributed by atoms with Crippen LogP contribution in [-0.4, -0.2) is 32.4 Å². The minimum absolute atomic E-state index is 0.0319. The number of nitrogens with two attached hydrogens (primary N) is 1. The van der Waals surface area contributed by atoms with Gasteiger partial charge in [0.05, 0.1) is 6.04 Å². The Hall–Kier alpha value is -1.67. The standard InChI is InChI=1S/C9H14N4O3S/c1-6(8(10)14)13-17(15,16)7-4-3-5-12-9(7)11-2/h3-6,13H,1-2H3,(H2,10,14)(H,11,12). The van der Waals surface area contributed by atoms with Gasteiger partial charge in [0, 0.05) is 13.2 Å². The number of amides is 1. The van der Waals surface area contributed by atoms with Crippen LogP contribution in [0.25, 0.3) is 0 Å². The van der Waals surface area contributed by atoms with Gasteiger partial charge in [-0.15, -0.1) is 0 Å². The van der Waals surface area contributed by atoms with Crippen LogP contribution in [0.2, 0.25) is 0 Å². The molecule has 0 fully saturated rings. The largest absolute Gasteiger partial charge is 0.372 e. The van der Waals surface area contributed by atoms with E-state index >= 15 is 0 Å². The molecule has 0 radical (unpaired) electrons. The molecule has 94 valence electrons. The normalized spacial score (nSPS) is 13.1. The zero-order chi connectivity index (χ0) is 13.1. The number of aromatic nitrogens is 1. The molecule has 0 aliphatic heterocycles. The van der Waals surface area contributed by atoms with Gasteiger partial charge in [-0.25, -0.2) is 13.4 Å². The Bertz CT molecular complexity index is 515. The fourth-order valence-corrected chi connectivity index (χ4v) is 2.53. The Morgan fingerprint density at radius 3 is 2.71 bits per heavy atom. The molecule has 1 amide bonds. The molecule has 8 heteroatoms. The third kappa shape index (κ3) is 3.14. The second-order valence-electron chi connectivity index (χ2n) is 3.35. The maximum absolute atomic E-state index is 11.9. The lowest BCUT2D eigenvalue weighted by atomic mass is 10.4. The van der Waals surface area contributed by atoms with Crippen LogP contribution in [-0.2, 0) is 14.8 Å². The molecule has 1 heterocycles. The molecule has 1 aromatic heterocycles. The summed E-state index contributed by atoms with van der Waals surface area (Å²) in [4.78, 5) is 14.7. The van der Waals surface area contributed by atoms with Crippen molar-refractivity contribution in [1.29, 1.82) is 0 Å². The number of sulfonamides is 1. The highest BCUT2D eigenvalue weighted by molar-refractivity contribution is 7.89. The van der Waals surface area contributed by atoms with E-state index in [4.69, 9.17) is 5.73 Å². The van der Waals surface area contributed by atoms with E-state index in [-0.39, 0.29) is 10.7 Å². The summed E-state index contributed by atoms with van der Waals surface area (Å²) < 4.78 is 26.0. The van der Waals surface area contributed by atoms with E-state index in [1.807, 2.05) is 0 Å². The van der Waals surface area contributed by atoms with Crippen LogP contribution in [0, 0.1) is 0 Å². The first-order chi connectivity index (χ1) is 7.88. The topological polar surface area (TPSA) is 114 Å². The number of primary amides is 1. The van der Waals surface area contributed by atoms with Crippen molar-refractivity contribution in [3.63, 3.8) is 0 Å². The first-order valence-electron chi connectivity index (χ1n) is 4.83. The average Bonchev–Trinajstić information content (AvgIpc) is 2.28. The molecule has 0 saturated carbocycles. The summed E-state index contributed by atoms with van der Waals surface area (Å²) in [5.41, 5.74) is 4.99. The smallest absolute Gasteiger partial charge is 0.244 e. The molecule has 17 heavy (non-hydrogen) atoms. The number of hydrogen-bond donors (Lipinski definition) is 3. The van der Waals surface area contributed by atoms with Crippen molar-refractivity contribution in [3.05, 3.63) is 18.3 Å². The lowest BCUT2D eigenvalue weighted by Crippen LogP contribution is -2.42. The van der Waals surface area contributed by atoms with E-state index in [1.54, 1.807) is 7.05 Å². The van der Waals surface area contributed by atoms with E-state index in [1.165, 1.54) is 25.3 Å². The average molecular weight is 258 g/mol. The molecule has 7 nitrogen and oxygen atoms in total. The lowest BCUT2D eigenvalue weighted by Gasteiger charge is -2.12. The molecule has 0 aliphatic carbocycles. The van der Waals surface area contributed by atoms with Crippen LogP contribution >= 0.6 is 0 Å². The molecule has 1 atom stereocenters. The van der Waals surface area contributed by atoms with Crippen molar-refractivity contribution in [2.45, 2.75) is 17.9 Å². The van der Waals surface area contributed by atoms with Crippen LogP contribution in [0.5, 0.6) is 0 Å². The third-order valence-corrected chi connectivity index (χ3v) is 3.63. The molecule has 0 aromatic carbocycles. The zero-order valence-corrected chi connectivity index (χ0v) is 10.3. The zero-order valence-electron chi connectivity index (χ0n) is 9.47. The van der Waals surface area contributed by atoms with Crippen molar-refractivity contribution >= 4 is 21.7 Å². The van der Waals surface area contributed by atoms with Crippen LogP contribution in [0.1, 0.15) is 6.92 Å². The van der Waals surface area contributed by atoms with E-state index in [0.29, 0.717) is 0 Å². The summed E-state index contributed by atoms with van der Waals surface area (Å²) >= 11 is 0. The molecular formula is C9H14N4O3S. The van der Waals surface area contributed by atoms with Crippen LogP contribution < -0.4 is 15.8 Å². The van der Waals surface area contributed by atoms with E-state index in [0.717, 1.165) is 0 Å². The van der Waals surface area contributed by atoms with Gasteiger partial charge in [0.25, 0.3) is 0 Å². The van der Waals surface area contributed by atoms with Crippen molar-refractivity contribution < 1.29 is 13.2 Å². The Morgan fingerprint density at radius 1 is 1.53 bits per heavy atom. The number of anilines is 1. The fraction of sp³-hybridized carbons (Fsp3) is 0.333. The number of nitrogens with one attached hydrogen (secondary N) is 2. The SMILES string of the molecule is CNc1ncccc1S(=O)(=O)NC(C)C(N)=O. The summed E-state index contributed by atoms with van der Waals surface area (Å²) in [6.45, 7) is 1.37. The molecular weight excluding hydrogens is 244 g/mol. The molecule has 0 bridgehead atoms. The van der Waals surface area contributed by atoms with Gasteiger partial charge in [-0.1, -0.05) is 0 Å². The van der Waals surface area contributed by atoms with Crippen LogP contribution in [0.4, 0.5) is 5.82 Å². The van der Waals surface area contributed by atoms with Crippen molar-refractivity contribution in [2.24, 2.45) is 5.73 Å². The number of carbonyl (C=O) groups excluding carboxylic acids is 1. The Labute approximate surface area is 99.5 Å². The predicted molar refractivity (Wildman–Crippen MR) is 62.8 cm³/mol. The predicted octanol–water partition coefficient (Wildman–Crippen LogP) is -0.725. The van der Waals surface area contributed by atoms with Crippen molar-refractivity contribution in [3.8, 4) is 0 Å². The minimum Gasteiger partial charge on any atom is -0.372 e. The van der Waals surface area contributed by atoms with Gasteiger partial charge in [-0.3, -0.25) is 4.79 Å². The fourth-order valence-electron chi connectivity index (χ4n) is 1.15. The van der Waals surface area contributed by atoms with Gasteiger partial charge < -0.3 is 11.1 Å². The molecule has 4 N–H and O–H groups in total. The lowest BCUT2D eigenvalue weighted by molar-refractivity contribution is -0.119. The van der Waals surface area contributed by atoms with Crippen LogP contribution in [0.3, 0.4) is 0 Å². The minimum atomic E-state index is -3.82. The molecule has 0 aliphatic rings. The van der Waals surface area contributed by atoms with Gasteiger partial charge in [0.2, 0.25) is 15.9 Å². The first-order valence-corrected chi connectivity index (χ1v) is 6.31. The van der Waals surface area contributed by atoms with Crippen molar-refractivity contribution in [1.82, 2.24) is 9.71 Å². The van der Waals surface area contributed by atoms with Gasteiger partial charge >= 0.3 is 0 Å². The van der Waals surface area contributed by atoms with Crippen molar-refractivity contribution in [2.75, 3.05) is 12.4 Å². The summed E-state index contributed by atoms with van der Waals surface area (Å²) in [6.07, 6.45) is 1.46. The maximum Gasteiger partial charge on any atom is 0.244 e. The molecule has 1 rings (SSSR count). The number of carbonyl (C=O) groups is 1. The number of pyridine rings is 1. The van der Waals surface area contributed by atoms with Gasteiger partial charge in [-0.05, 0) is 19.1 Å². The highest BCUT2D eigenvalue weighted by Gasteiger charge is 2.23. The third-order valence-electron chi connectivity index (χ3n) is 2.06.